The summed E-state index contributed by atoms with van der Waals surface area (Å²) in [7, 11) is 1.64. The van der Waals surface area contributed by atoms with Crippen LogP contribution in [0.5, 0.6) is 5.75 Å². The predicted molar refractivity (Wildman–Crippen MR) is 91.0 cm³/mol. The molecule has 1 heterocycles. The van der Waals surface area contributed by atoms with Crippen molar-refractivity contribution in [3.63, 3.8) is 0 Å². The Kier molecular flexibility index (Phi) is 5.21. The molecule has 1 amide bonds. The van der Waals surface area contributed by atoms with Gasteiger partial charge in [0, 0.05) is 5.56 Å². The number of quaternary nitrogens is 1. The summed E-state index contributed by atoms with van der Waals surface area (Å²) in [6.07, 6.45) is 5.47. The van der Waals surface area contributed by atoms with E-state index >= 15 is 0 Å². The van der Waals surface area contributed by atoms with Gasteiger partial charge in [-0.1, -0.05) is 13.0 Å². The Morgan fingerprint density at radius 1 is 1.17 bits per heavy atom. The van der Waals surface area contributed by atoms with Crippen LogP contribution in [0.2, 0.25) is 0 Å². The van der Waals surface area contributed by atoms with Crippen molar-refractivity contribution in [2.75, 3.05) is 33.3 Å². The maximum absolute atomic E-state index is 12.7. The average molecular weight is 317 g/mol. The number of hydrogen-bond donors (Lipinski definition) is 1. The van der Waals surface area contributed by atoms with Crippen LogP contribution in [-0.2, 0) is 0 Å². The SMILES string of the molecule is COc1cccc(C(=O)N2CC[NH+](C3CCC(C)CC3)CC2)c1. The number of nitrogens with zero attached hydrogens (tertiary/aromatic N) is 1. The third-order valence-corrected chi connectivity index (χ3v) is 5.60. The summed E-state index contributed by atoms with van der Waals surface area (Å²) < 4.78 is 5.22. The van der Waals surface area contributed by atoms with Crippen molar-refractivity contribution >= 4 is 5.91 Å². The Morgan fingerprint density at radius 3 is 2.52 bits per heavy atom. The second kappa shape index (κ2) is 7.35. The summed E-state index contributed by atoms with van der Waals surface area (Å²) in [6.45, 7) is 6.30. The number of carbonyl (C=O) groups excluding carboxylic acids is 1. The van der Waals surface area contributed by atoms with Crippen molar-refractivity contribution in [2.24, 2.45) is 5.92 Å². The minimum atomic E-state index is 0.139. The lowest BCUT2D eigenvalue weighted by molar-refractivity contribution is -0.930. The van der Waals surface area contributed by atoms with Gasteiger partial charge in [-0.3, -0.25) is 4.79 Å². The first kappa shape index (κ1) is 16.3. The van der Waals surface area contributed by atoms with Crippen molar-refractivity contribution in [3.05, 3.63) is 29.8 Å². The third kappa shape index (κ3) is 3.86. The van der Waals surface area contributed by atoms with Crippen LogP contribution in [0, 0.1) is 5.92 Å². The van der Waals surface area contributed by atoms with E-state index in [-0.39, 0.29) is 5.91 Å². The Hall–Kier alpha value is -1.55. The fourth-order valence-corrected chi connectivity index (χ4v) is 4.01. The molecule has 0 aromatic heterocycles. The zero-order chi connectivity index (χ0) is 16.2. The molecule has 0 bridgehead atoms. The van der Waals surface area contributed by atoms with Crippen LogP contribution < -0.4 is 9.64 Å². The summed E-state index contributed by atoms with van der Waals surface area (Å²) in [4.78, 5) is 16.4. The third-order valence-electron chi connectivity index (χ3n) is 5.60. The van der Waals surface area contributed by atoms with Crippen LogP contribution in [0.25, 0.3) is 0 Å². The molecule has 2 aliphatic rings. The van der Waals surface area contributed by atoms with E-state index in [9.17, 15) is 4.79 Å². The molecule has 23 heavy (non-hydrogen) atoms. The first-order chi connectivity index (χ1) is 11.2. The molecule has 126 valence electrons. The summed E-state index contributed by atoms with van der Waals surface area (Å²) >= 11 is 0. The zero-order valence-corrected chi connectivity index (χ0v) is 14.4. The number of rotatable bonds is 3. The van der Waals surface area contributed by atoms with E-state index < -0.39 is 0 Å². The van der Waals surface area contributed by atoms with E-state index in [1.54, 1.807) is 12.0 Å². The molecule has 1 saturated heterocycles. The van der Waals surface area contributed by atoms with Crippen LogP contribution in [0.3, 0.4) is 0 Å². The average Bonchev–Trinajstić information content (AvgIpc) is 2.62. The molecule has 0 spiro atoms. The lowest BCUT2D eigenvalue weighted by Crippen LogP contribution is -3.18. The molecule has 1 aromatic rings. The van der Waals surface area contributed by atoms with Crippen molar-refractivity contribution in [1.29, 1.82) is 0 Å². The number of ether oxygens (including phenoxy) is 1. The molecular weight excluding hydrogens is 288 g/mol. The topological polar surface area (TPSA) is 34.0 Å². The highest BCUT2D eigenvalue weighted by Crippen LogP contribution is 2.22. The minimum absolute atomic E-state index is 0.139. The Balaban J connectivity index is 1.55. The standard InChI is InChI=1S/C19H28N2O2/c1-15-6-8-17(9-7-15)20-10-12-21(13-11-20)19(22)16-4-3-5-18(14-16)23-2/h3-5,14-15,17H,6-13H2,1-2H3/p+1. The van der Waals surface area contributed by atoms with E-state index in [4.69, 9.17) is 4.74 Å². The largest absolute Gasteiger partial charge is 0.497 e. The molecule has 0 radical (unpaired) electrons. The van der Waals surface area contributed by atoms with Gasteiger partial charge < -0.3 is 14.5 Å². The summed E-state index contributed by atoms with van der Waals surface area (Å²) in [6, 6.07) is 8.30. The monoisotopic (exact) mass is 317 g/mol. The maximum atomic E-state index is 12.7. The van der Waals surface area contributed by atoms with Gasteiger partial charge in [0.25, 0.3) is 5.91 Å². The van der Waals surface area contributed by atoms with Gasteiger partial charge >= 0.3 is 0 Å². The van der Waals surface area contributed by atoms with Gasteiger partial charge in [-0.2, -0.15) is 0 Å². The number of piperazine rings is 1. The number of hydrogen-bond acceptors (Lipinski definition) is 2. The quantitative estimate of drug-likeness (QED) is 0.919. The van der Waals surface area contributed by atoms with E-state index in [0.29, 0.717) is 0 Å². The fourth-order valence-electron chi connectivity index (χ4n) is 4.01. The first-order valence-electron chi connectivity index (χ1n) is 8.95. The molecule has 1 aromatic carbocycles. The van der Waals surface area contributed by atoms with E-state index in [1.165, 1.54) is 25.7 Å². The molecule has 0 atom stereocenters. The molecule has 1 saturated carbocycles. The molecule has 4 nitrogen and oxygen atoms in total. The molecular formula is C19H29N2O2+. The number of amides is 1. The van der Waals surface area contributed by atoms with E-state index in [0.717, 1.165) is 49.5 Å². The molecule has 0 unspecified atom stereocenters. The van der Waals surface area contributed by atoms with Crippen molar-refractivity contribution in [2.45, 2.75) is 38.6 Å². The van der Waals surface area contributed by atoms with Gasteiger partial charge in [0.1, 0.15) is 5.75 Å². The van der Waals surface area contributed by atoms with Gasteiger partial charge in [-0.15, -0.1) is 0 Å². The fraction of sp³-hybridized carbons (Fsp3) is 0.632. The number of nitrogens with one attached hydrogen (secondary N) is 1. The smallest absolute Gasteiger partial charge is 0.254 e. The maximum Gasteiger partial charge on any atom is 0.254 e. The van der Waals surface area contributed by atoms with Crippen LogP contribution in [0.4, 0.5) is 0 Å². The molecule has 1 aliphatic carbocycles. The first-order valence-corrected chi connectivity index (χ1v) is 8.95. The van der Waals surface area contributed by atoms with Gasteiger partial charge in [0.15, 0.2) is 0 Å². The summed E-state index contributed by atoms with van der Waals surface area (Å²) in [5.74, 6) is 1.79. The summed E-state index contributed by atoms with van der Waals surface area (Å²) in [5, 5.41) is 0. The molecule has 1 N–H and O–H groups in total. The lowest BCUT2D eigenvalue weighted by Gasteiger charge is -2.39. The van der Waals surface area contributed by atoms with Crippen molar-refractivity contribution in [1.82, 2.24) is 4.90 Å². The number of benzene rings is 1. The number of carbonyl (C=O) groups is 1. The highest BCUT2D eigenvalue weighted by molar-refractivity contribution is 5.94. The lowest BCUT2D eigenvalue weighted by atomic mass is 9.86. The predicted octanol–water partition coefficient (Wildman–Crippen LogP) is 1.61. The highest BCUT2D eigenvalue weighted by Gasteiger charge is 2.31. The van der Waals surface area contributed by atoms with Crippen LogP contribution >= 0.6 is 0 Å². The van der Waals surface area contributed by atoms with E-state index in [1.807, 2.05) is 29.2 Å². The van der Waals surface area contributed by atoms with Crippen molar-refractivity contribution in [3.8, 4) is 5.75 Å². The van der Waals surface area contributed by atoms with E-state index in [2.05, 4.69) is 6.92 Å². The number of methoxy groups -OCH3 is 1. The second-order valence-corrected chi connectivity index (χ2v) is 7.14. The van der Waals surface area contributed by atoms with Crippen LogP contribution in [0.15, 0.2) is 24.3 Å². The Morgan fingerprint density at radius 2 is 1.87 bits per heavy atom. The van der Waals surface area contributed by atoms with Gasteiger partial charge in [-0.25, -0.2) is 0 Å². The molecule has 4 heteroatoms. The van der Waals surface area contributed by atoms with Crippen LogP contribution in [-0.4, -0.2) is 50.1 Å². The molecule has 1 aliphatic heterocycles. The van der Waals surface area contributed by atoms with Gasteiger partial charge in [-0.05, 0) is 49.8 Å². The van der Waals surface area contributed by atoms with Crippen LogP contribution in [0.1, 0.15) is 43.0 Å². The second-order valence-electron chi connectivity index (χ2n) is 7.14. The Bertz CT molecular complexity index is 530. The zero-order valence-electron chi connectivity index (χ0n) is 14.4. The normalized spacial score (nSPS) is 26.1. The molecule has 3 rings (SSSR count). The van der Waals surface area contributed by atoms with Crippen molar-refractivity contribution < 1.29 is 14.4 Å². The Labute approximate surface area is 139 Å². The van der Waals surface area contributed by atoms with Gasteiger partial charge in [0.05, 0.1) is 39.3 Å². The molecule has 2 fully saturated rings. The minimum Gasteiger partial charge on any atom is -0.497 e. The highest BCUT2D eigenvalue weighted by atomic mass is 16.5. The van der Waals surface area contributed by atoms with Gasteiger partial charge in [0.2, 0.25) is 0 Å². The summed E-state index contributed by atoms with van der Waals surface area (Å²) in [5.41, 5.74) is 0.735.